The Bertz CT molecular complexity index is 521. The molecular weight excluding hydrogens is 248 g/mol. The van der Waals surface area contributed by atoms with E-state index in [0.29, 0.717) is 5.76 Å². The maximum atomic E-state index is 12.0. The van der Waals surface area contributed by atoms with Crippen molar-refractivity contribution in [3.8, 4) is 0 Å². The number of nitrogens with one attached hydrogen (secondary N) is 2. The van der Waals surface area contributed by atoms with Crippen LogP contribution in [0.3, 0.4) is 0 Å². The molecule has 0 fully saturated rings. The number of methoxy groups -OCH3 is 1. The summed E-state index contributed by atoms with van der Waals surface area (Å²) in [7, 11) is 1.55. The van der Waals surface area contributed by atoms with Gasteiger partial charge in [0.05, 0.1) is 6.04 Å². The van der Waals surface area contributed by atoms with Gasteiger partial charge in [0.2, 0.25) is 0 Å². The molecule has 1 amide bonds. The zero-order chi connectivity index (χ0) is 13.7. The molecule has 0 saturated heterocycles. The van der Waals surface area contributed by atoms with Crippen LogP contribution in [-0.2, 0) is 11.3 Å². The van der Waals surface area contributed by atoms with E-state index in [2.05, 4.69) is 20.4 Å². The molecule has 0 bridgehead atoms. The standard InChI is InChI=1S/C12H16N4O3/c1-3-9(11-13-4-5-14-11)15-12(17)10-6-8(7-18-2)19-16-10/h4-6,9H,3,7H2,1-2H3,(H,13,14)(H,15,17). The van der Waals surface area contributed by atoms with Crippen molar-refractivity contribution in [2.24, 2.45) is 0 Å². The van der Waals surface area contributed by atoms with Gasteiger partial charge in [0.1, 0.15) is 12.4 Å². The van der Waals surface area contributed by atoms with Crippen molar-refractivity contribution < 1.29 is 14.1 Å². The van der Waals surface area contributed by atoms with Crippen LogP contribution in [0.1, 0.15) is 41.5 Å². The second-order valence-electron chi connectivity index (χ2n) is 4.02. The molecule has 0 aliphatic carbocycles. The van der Waals surface area contributed by atoms with Gasteiger partial charge in [-0.3, -0.25) is 4.79 Å². The molecule has 0 saturated carbocycles. The SMILES string of the molecule is CCC(NC(=O)c1cc(COC)on1)c1ncc[nH]1. The highest BCUT2D eigenvalue weighted by atomic mass is 16.5. The lowest BCUT2D eigenvalue weighted by Gasteiger charge is -2.13. The van der Waals surface area contributed by atoms with Crippen molar-refractivity contribution >= 4 is 5.91 Å². The lowest BCUT2D eigenvalue weighted by molar-refractivity contribution is 0.0924. The number of nitrogens with zero attached hydrogens (tertiary/aromatic N) is 2. The van der Waals surface area contributed by atoms with Crippen molar-refractivity contribution in [3.05, 3.63) is 35.7 Å². The molecule has 1 atom stereocenters. The highest BCUT2D eigenvalue weighted by molar-refractivity contribution is 5.92. The van der Waals surface area contributed by atoms with E-state index in [4.69, 9.17) is 9.26 Å². The summed E-state index contributed by atoms with van der Waals surface area (Å²) in [5.74, 6) is 0.935. The molecule has 0 aliphatic heterocycles. The van der Waals surface area contributed by atoms with Crippen LogP contribution in [0.5, 0.6) is 0 Å². The number of H-pyrrole nitrogens is 1. The van der Waals surface area contributed by atoms with E-state index < -0.39 is 0 Å². The van der Waals surface area contributed by atoms with Crippen molar-refractivity contribution in [3.63, 3.8) is 0 Å². The van der Waals surface area contributed by atoms with E-state index in [0.717, 1.165) is 12.2 Å². The number of hydrogen-bond donors (Lipinski definition) is 2. The third-order valence-corrected chi connectivity index (χ3v) is 2.64. The number of carbonyl (C=O) groups is 1. The Morgan fingerprint density at radius 1 is 1.63 bits per heavy atom. The summed E-state index contributed by atoms with van der Waals surface area (Å²) in [5.41, 5.74) is 0.233. The average Bonchev–Trinajstić information content (AvgIpc) is 3.07. The highest BCUT2D eigenvalue weighted by Crippen LogP contribution is 2.13. The zero-order valence-corrected chi connectivity index (χ0v) is 10.8. The predicted octanol–water partition coefficient (Wildman–Crippen LogP) is 1.43. The fourth-order valence-corrected chi connectivity index (χ4v) is 1.69. The first-order chi connectivity index (χ1) is 9.24. The molecule has 2 aromatic rings. The van der Waals surface area contributed by atoms with Gasteiger partial charge >= 0.3 is 0 Å². The quantitative estimate of drug-likeness (QED) is 0.823. The molecule has 0 radical (unpaired) electrons. The van der Waals surface area contributed by atoms with E-state index in [1.807, 2.05) is 6.92 Å². The van der Waals surface area contributed by atoms with Gasteiger partial charge < -0.3 is 19.6 Å². The molecule has 7 nitrogen and oxygen atoms in total. The molecule has 1 unspecified atom stereocenters. The van der Waals surface area contributed by atoms with Crippen LogP contribution >= 0.6 is 0 Å². The topological polar surface area (TPSA) is 93.0 Å². The van der Waals surface area contributed by atoms with Crippen LogP contribution in [0.25, 0.3) is 0 Å². The normalized spacial score (nSPS) is 12.3. The summed E-state index contributed by atoms with van der Waals surface area (Å²) < 4.78 is 9.87. The van der Waals surface area contributed by atoms with Gasteiger partial charge in [-0.1, -0.05) is 12.1 Å². The van der Waals surface area contributed by atoms with E-state index >= 15 is 0 Å². The Morgan fingerprint density at radius 3 is 3.11 bits per heavy atom. The first-order valence-corrected chi connectivity index (χ1v) is 5.99. The number of hydrogen-bond acceptors (Lipinski definition) is 5. The third kappa shape index (κ3) is 3.19. The Morgan fingerprint density at radius 2 is 2.47 bits per heavy atom. The molecule has 102 valence electrons. The minimum Gasteiger partial charge on any atom is -0.377 e. The summed E-state index contributed by atoms with van der Waals surface area (Å²) >= 11 is 0. The monoisotopic (exact) mass is 264 g/mol. The van der Waals surface area contributed by atoms with Crippen LogP contribution in [0, 0.1) is 0 Å². The molecule has 0 spiro atoms. The average molecular weight is 264 g/mol. The van der Waals surface area contributed by atoms with Crippen molar-refractivity contribution in [1.29, 1.82) is 0 Å². The molecular formula is C12H16N4O3. The second kappa shape index (κ2) is 6.14. The lowest BCUT2D eigenvalue weighted by Crippen LogP contribution is -2.29. The maximum Gasteiger partial charge on any atom is 0.274 e. The summed E-state index contributed by atoms with van der Waals surface area (Å²) in [4.78, 5) is 19.1. The molecule has 2 rings (SSSR count). The van der Waals surface area contributed by atoms with Gasteiger partial charge in [0, 0.05) is 25.6 Å². The Hall–Kier alpha value is -2.15. The van der Waals surface area contributed by atoms with Crippen LogP contribution < -0.4 is 5.32 Å². The number of ether oxygens (including phenoxy) is 1. The Balaban J connectivity index is 2.02. The summed E-state index contributed by atoms with van der Waals surface area (Å²) in [6.45, 7) is 2.25. The van der Waals surface area contributed by atoms with Crippen molar-refractivity contribution in [1.82, 2.24) is 20.4 Å². The number of rotatable bonds is 6. The predicted molar refractivity (Wildman–Crippen MR) is 66.3 cm³/mol. The largest absolute Gasteiger partial charge is 0.377 e. The molecule has 2 aromatic heterocycles. The number of aromatic amines is 1. The van der Waals surface area contributed by atoms with Crippen LogP contribution in [0.4, 0.5) is 0 Å². The summed E-state index contributed by atoms with van der Waals surface area (Å²) in [5, 5.41) is 6.55. The molecule has 2 heterocycles. The van der Waals surface area contributed by atoms with Crippen molar-refractivity contribution in [2.75, 3.05) is 7.11 Å². The van der Waals surface area contributed by atoms with E-state index in [1.165, 1.54) is 0 Å². The van der Waals surface area contributed by atoms with Crippen LogP contribution in [0.15, 0.2) is 23.0 Å². The first-order valence-electron chi connectivity index (χ1n) is 5.99. The highest BCUT2D eigenvalue weighted by Gasteiger charge is 2.18. The molecule has 19 heavy (non-hydrogen) atoms. The van der Waals surface area contributed by atoms with E-state index in [9.17, 15) is 4.79 Å². The van der Waals surface area contributed by atoms with Gasteiger partial charge in [-0.15, -0.1) is 0 Å². The van der Waals surface area contributed by atoms with Gasteiger partial charge in [-0.2, -0.15) is 0 Å². The second-order valence-corrected chi connectivity index (χ2v) is 4.02. The minimum absolute atomic E-state index is 0.176. The summed E-state index contributed by atoms with van der Waals surface area (Å²) in [6.07, 6.45) is 4.09. The first kappa shape index (κ1) is 13.3. The smallest absolute Gasteiger partial charge is 0.274 e. The van der Waals surface area contributed by atoms with Crippen LogP contribution in [-0.4, -0.2) is 28.1 Å². The van der Waals surface area contributed by atoms with E-state index in [1.54, 1.807) is 25.6 Å². The van der Waals surface area contributed by atoms with Gasteiger partial charge in [-0.05, 0) is 6.42 Å². The Kier molecular flexibility index (Phi) is 4.30. The molecule has 2 N–H and O–H groups in total. The number of imidazole rings is 1. The van der Waals surface area contributed by atoms with Gasteiger partial charge in [0.15, 0.2) is 11.5 Å². The fourth-order valence-electron chi connectivity index (χ4n) is 1.69. The van der Waals surface area contributed by atoms with E-state index in [-0.39, 0.29) is 24.2 Å². The lowest BCUT2D eigenvalue weighted by atomic mass is 10.2. The number of carbonyl (C=O) groups excluding carboxylic acids is 1. The van der Waals surface area contributed by atoms with Crippen LogP contribution in [0.2, 0.25) is 0 Å². The Labute approximate surface area is 110 Å². The van der Waals surface area contributed by atoms with Crippen molar-refractivity contribution in [2.45, 2.75) is 26.0 Å². The minimum atomic E-state index is -0.297. The summed E-state index contributed by atoms with van der Waals surface area (Å²) in [6, 6.07) is 1.39. The maximum absolute atomic E-state index is 12.0. The van der Waals surface area contributed by atoms with Gasteiger partial charge in [-0.25, -0.2) is 4.98 Å². The van der Waals surface area contributed by atoms with Gasteiger partial charge in [0.25, 0.3) is 5.91 Å². The number of aromatic nitrogens is 3. The fraction of sp³-hybridized carbons (Fsp3) is 0.417. The third-order valence-electron chi connectivity index (χ3n) is 2.64. The molecule has 7 heteroatoms. The molecule has 0 aliphatic rings. The number of amides is 1. The molecule has 0 aromatic carbocycles. The zero-order valence-electron chi connectivity index (χ0n) is 10.8.